The van der Waals surface area contributed by atoms with Gasteiger partial charge in [-0.3, -0.25) is 19.2 Å². The van der Waals surface area contributed by atoms with Crippen molar-refractivity contribution in [2.24, 2.45) is 5.73 Å². The summed E-state index contributed by atoms with van der Waals surface area (Å²) in [6.45, 7) is 0.500. The van der Waals surface area contributed by atoms with E-state index in [0.29, 0.717) is 29.1 Å². The molecule has 1 aromatic carbocycles. The first kappa shape index (κ1) is 21.1. The molecule has 4 amide bonds. The highest BCUT2D eigenvalue weighted by atomic mass is 32.1. The maximum Gasteiger partial charge on any atom is 0.261 e. The summed E-state index contributed by atoms with van der Waals surface area (Å²) in [6.07, 6.45) is 0.704. The van der Waals surface area contributed by atoms with E-state index in [4.69, 9.17) is 5.73 Å². The third-order valence-electron chi connectivity index (χ3n) is 3.71. The molecule has 0 saturated heterocycles. The monoisotopic (exact) mass is 402 g/mol. The van der Waals surface area contributed by atoms with Crippen molar-refractivity contribution >= 4 is 40.7 Å². The highest BCUT2D eigenvalue weighted by Gasteiger charge is 2.13. The molecule has 0 bridgehead atoms. The van der Waals surface area contributed by atoms with Crippen LogP contribution in [0.4, 0.5) is 5.69 Å². The molecular weight excluding hydrogens is 380 g/mol. The van der Waals surface area contributed by atoms with Crippen LogP contribution in [-0.4, -0.2) is 36.7 Å². The topological polar surface area (TPSA) is 130 Å². The van der Waals surface area contributed by atoms with Gasteiger partial charge in [-0.2, -0.15) is 0 Å². The normalized spacial score (nSPS) is 10.1. The molecule has 9 heteroatoms. The molecule has 2 aromatic rings. The van der Waals surface area contributed by atoms with Crippen LogP contribution in [0.15, 0.2) is 41.8 Å². The maximum atomic E-state index is 12.2. The predicted molar refractivity (Wildman–Crippen MR) is 107 cm³/mol. The van der Waals surface area contributed by atoms with E-state index in [1.54, 1.807) is 36.4 Å². The third-order valence-corrected chi connectivity index (χ3v) is 4.58. The zero-order valence-electron chi connectivity index (χ0n) is 15.2. The van der Waals surface area contributed by atoms with Crippen molar-refractivity contribution < 1.29 is 19.2 Å². The molecule has 0 aliphatic heterocycles. The van der Waals surface area contributed by atoms with Crippen molar-refractivity contribution in [2.45, 2.75) is 19.3 Å². The highest BCUT2D eigenvalue weighted by Crippen LogP contribution is 2.15. The number of carbonyl (C=O) groups excluding carboxylic acids is 4. The second kappa shape index (κ2) is 10.8. The number of nitrogens with two attached hydrogens (primary N) is 1. The number of anilines is 1. The average molecular weight is 402 g/mol. The number of carbonyl (C=O) groups is 4. The van der Waals surface area contributed by atoms with Crippen LogP contribution < -0.4 is 21.7 Å². The molecule has 0 aliphatic carbocycles. The van der Waals surface area contributed by atoms with Gasteiger partial charge in [-0.05, 0) is 30.0 Å². The van der Waals surface area contributed by atoms with Crippen LogP contribution in [0.2, 0.25) is 0 Å². The number of hydrogen-bond donors (Lipinski definition) is 4. The van der Waals surface area contributed by atoms with Gasteiger partial charge in [0.2, 0.25) is 11.8 Å². The molecule has 1 aromatic heterocycles. The zero-order chi connectivity index (χ0) is 20.4. The number of nitrogens with one attached hydrogen (secondary N) is 3. The van der Waals surface area contributed by atoms with Crippen molar-refractivity contribution in [3.8, 4) is 0 Å². The summed E-state index contributed by atoms with van der Waals surface area (Å²) in [5.74, 6) is -1.33. The lowest BCUT2D eigenvalue weighted by atomic mass is 10.1. The molecule has 148 valence electrons. The second-order valence-electron chi connectivity index (χ2n) is 5.90. The Morgan fingerprint density at radius 1 is 0.893 bits per heavy atom. The Hall–Kier alpha value is -3.20. The third kappa shape index (κ3) is 6.84. The van der Waals surface area contributed by atoms with Gasteiger partial charge in [-0.25, -0.2) is 0 Å². The number of benzene rings is 1. The zero-order valence-corrected chi connectivity index (χ0v) is 16.0. The Kier molecular flexibility index (Phi) is 8.16. The summed E-state index contributed by atoms with van der Waals surface area (Å²) in [7, 11) is 0. The molecule has 0 fully saturated rings. The molecule has 0 saturated carbocycles. The number of thiophene rings is 1. The minimum atomic E-state index is -0.506. The summed E-state index contributed by atoms with van der Waals surface area (Å²) in [5, 5.41) is 9.87. The Labute approximate surface area is 166 Å². The van der Waals surface area contributed by atoms with Crippen LogP contribution in [0, 0.1) is 0 Å². The largest absolute Gasteiger partial charge is 0.370 e. The van der Waals surface area contributed by atoms with Crippen molar-refractivity contribution in [3.63, 3.8) is 0 Å². The van der Waals surface area contributed by atoms with Crippen LogP contribution in [-0.2, 0) is 9.59 Å². The number of amides is 4. The van der Waals surface area contributed by atoms with Gasteiger partial charge in [0.1, 0.15) is 0 Å². The number of rotatable bonds is 10. The van der Waals surface area contributed by atoms with Crippen LogP contribution >= 0.6 is 11.3 Å². The van der Waals surface area contributed by atoms with Gasteiger partial charge in [0.15, 0.2) is 0 Å². The lowest BCUT2D eigenvalue weighted by molar-refractivity contribution is -0.118. The molecule has 8 nitrogen and oxygen atoms in total. The van der Waals surface area contributed by atoms with E-state index in [1.807, 2.05) is 5.38 Å². The quantitative estimate of drug-likeness (QED) is 0.449. The van der Waals surface area contributed by atoms with E-state index in [9.17, 15) is 19.2 Å². The van der Waals surface area contributed by atoms with Gasteiger partial charge in [0.25, 0.3) is 11.8 Å². The lowest BCUT2D eigenvalue weighted by Gasteiger charge is -2.11. The van der Waals surface area contributed by atoms with Gasteiger partial charge >= 0.3 is 0 Å². The SMILES string of the molecule is NC(=O)CCNC(=O)c1ccccc1NC(=O)CCCNC(=O)c1cccs1. The molecule has 0 aliphatic rings. The molecule has 2 rings (SSSR count). The standard InChI is InChI=1S/C19H22N4O4S/c20-16(24)9-11-22-18(26)13-5-1-2-6-14(13)23-17(25)8-3-10-21-19(27)15-7-4-12-28-15/h1-2,4-7,12H,3,8-11H2,(H2,20,24)(H,21,27)(H,22,26)(H,23,25). The van der Waals surface area contributed by atoms with Crippen molar-refractivity contribution in [1.82, 2.24) is 10.6 Å². The van der Waals surface area contributed by atoms with E-state index < -0.39 is 11.8 Å². The number of primary amides is 1. The minimum Gasteiger partial charge on any atom is -0.370 e. The van der Waals surface area contributed by atoms with E-state index >= 15 is 0 Å². The number of para-hydroxylation sites is 1. The fraction of sp³-hybridized carbons (Fsp3) is 0.263. The summed E-state index contributed by atoms with van der Waals surface area (Å²) in [6, 6.07) is 10.1. The number of hydrogen-bond acceptors (Lipinski definition) is 5. The Balaban J connectivity index is 1.79. The van der Waals surface area contributed by atoms with Gasteiger partial charge in [0.05, 0.1) is 16.1 Å². The van der Waals surface area contributed by atoms with Crippen LogP contribution in [0.1, 0.15) is 39.3 Å². The summed E-state index contributed by atoms with van der Waals surface area (Å²) < 4.78 is 0. The smallest absolute Gasteiger partial charge is 0.261 e. The van der Waals surface area contributed by atoms with Crippen molar-refractivity contribution in [2.75, 3.05) is 18.4 Å². The minimum absolute atomic E-state index is 0.0391. The second-order valence-corrected chi connectivity index (χ2v) is 6.85. The fourth-order valence-electron chi connectivity index (χ4n) is 2.34. The van der Waals surface area contributed by atoms with E-state index in [-0.39, 0.29) is 31.2 Å². The first-order chi connectivity index (χ1) is 13.5. The van der Waals surface area contributed by atoms with Crippen molar-refractivity contribution in [3.05, 3.63) is 52.2 Å². The van der Waals surface area contributed by atoms with Gasteiger partial charge in [0, 0.05) is 25.9 Å². The average Bonchev–Trinajstić information content (AvgIpc) is 3.20. The van der Waals surface area contributed by atoms with E-state index in [2.05, 4.69) is 16.0 Å². The summed E-state index contributed by atoms with van der Waals surface area (Å²) >= 11 is 1.35. The van der Waals surface area contributed by atoms with Crippen LogP contribution in [0.3, 0.4) is 0 Å². The highest BCUT2D eigenvalue weighted by molar-refractivity contribution is 7.12. The van der Waals surface area contributed by atoms with E-state index in [0.717, 1.165) is 0 Å². The van der Waals surface area contributed by atoms with Gasteiger partial charge in [-0.1, -0.05) is 18.2 Å². The predicted octanol–water partition coefficient (Wildman–Crippen LogP) is 1.50. The molecule has 0 atom stereocenters. The molecule has 0 spiro atoms. The van der Waals surface area contributed by atoms with Crippen molar-refractivity contribution in [1.29, 1.82) is 0 Å². The lowest BCUT2D eigenvalue weighted by Crippen LogP contribution is -2.29. The summed E-state index contributed by atoms with van der Waals surface area (Å²) in [4.78, 5) is 47.6. The Morgan fingerprint density at radius 2 is 1.64 bits per heavy atom. The Bertz CT molecular complexity index is 836. The maximum absolute atomic E-state index is 12.2. The van der Waals surface area contributed by atoms with E-state index in [1.165, 1.54) is 11.3 Å². The Morgan fingerprint density at radius 3 is 2.36 bits per heavy atom. The molecular formula is C19H22N4O4S. The first-order valence-electron chi connectivity index (χ1n) is 8.74. The molecule has 5 N–H and O–H groups in total. The molecule has 0 radical (unpaired) electrons. The molecule has 28 heavy (non-hydrogen) atoms. The van der Waals surface area contributed by atoms with Crippen LogP contribution in [0.25, 0.3) is 0 Å². The van der Waals surface area contributed by atoms with Gasteiger partial charge in [-0.15, -0.1) is 11.3 Å². The first-order valence-corrected chi connectivity index (χ1v) is 9.62. The molecule has 0 unspecified atom stereocenters. The van der Waals surface area contributed by atoms with Crippen LogP contribution in [0.5, 0.6) is 0 Å². The van der Waals surface area contributed by atoms with Gasteiger partial charge < -0.3 is 21.7 Å². The molecule has 1 heterocycles. The fourth-order valence-corrected chi connectivity index (χ4v) is 2.98. The summed E-state index contributed by atoms with van der Waals surface area (Å²) in [5.41, 5.74) is 5.72.